The zero-order chi connectivity index (χ0) is 20.4. The Kier molecular flexibility index (Phi) is 5.67. The zero-order valence-corrected chi connectivity index (χ0v) is 16.9. The van der Waals surface area contributed by atoms with Gasteiger partial charge in [-0.15, -0.1) is 0 Å². The van der Waals surface area contributed by atoms with E-state index in [1.165, 1.54) is 25.9 Å². The molecule has 0 atom stereocenters. The molecule has 4 rings (SSSR count). The number of aryl methyl sites for hydroxylation is 1. The van der Waals surface area contributed by atoms with Crippen LogP contribution in [-0.4, -0.2) is 59.0 Å². The van der Waals surface area contributed by atoms with Crippen molar-refractivity contribution in [1.82, 2.24) is 9.80 Å². The van der Waals surface area contributed by atoms with Crippen molar-refractivity contribution in [3.05, 3.63) is 59.2 Å². The lowest BCUT2D eigenvalue weighted by molar-refractivity contribution is 0.0643. The molecule has 5 heteroatoms. The Hall–Kier alpha value is -2.66. The highest BCUT2D eigenvalue weighted by molar-refractivity contribution is 5.96. The van der Waals surface area contributed by atoms with E-state index in [2.05, 4.69) is 4.90 Å². The summed E-state index contributed by atoms with van der Waals surface area (Å²) < 4.78 is 0. The predicted octanol–water partition coefficient (Wildman–Crippen LogP) is 4.06. The van der Waals surface area contributed by atoms with Crippen molar-refractivity contribution in [2.24, 2.45) is 0 Å². The minimum Gasteiger partial charge on any atom is -0.478 e. The van der Waals surface area contributed by atoms with E-state index in [0.717, 1.165) is 42.6 Å². The van der Waals surface area contributed by atoms with Crippen molar-refractivity contribution >= 4 is 11.9 Å². The van der Waals surface area contributed by atoms with Crippen molar-refractivity contribution in [1.29, 1.82) is 0 Å². The molecule has 2 fully saturated rings. The van der Waals surface area contributed by atoms with Gasteiger partial charge in [0.05, 0.1) is 5.56 Å². The van der Waals surface area contributed by atoms with Crippen LogP contribution in [0.1, 0.15) is 52.0 Å². The summed E-state index contributed by atoms with van der Waals surface area (Å²) in [5.41, 5.74) is 3.93. The Morgan fingerprint density at radius 2 is 1.52 bits per heavy atom. The van der Waals surface area contributed by atoms with Crippen LogP contribution in [0.5, 0.6) is 0 Å². The average Bonchev–Trinajstić information content (AvgIpc) is 3.29. The predicted molar refractivity (Wildman–Crippen MR) is 113 cm³/mol. The number of piperidine rings is 1. The molecule has 0 aliphatic carbocycles. The molecular formula is C24H28N2O3. The summed E-state index contributed by atoms with van der Waals surface area (Å²) in [7, 11) is 0. The lowest BCUT2D eigenvalue weighted by atomic mass is 9.96. The highest BCUT2D eigenvalue weighted by Crippen LogP contribution is 2.27. The number of carbonyl (C=O) groups is 2. The van der Waals surface area contributed by atoms with Crippen LogP contribution in [0.4, 0.5) is 0 Å². The molecule has 1 N–H and O–H groups in total. The lowest BCUT2D eigenvalue weighted by Gasteiger charge is -2.36. The second kappa shape index (κ2) is 8.37. The zero-order valence-electron chi connectivity index (χ0n) is 16.9. The molecule has 0 unspecified atom stereocenters. The minimum absolute atomic E-state index is 0.0910. The van der Waals surface area contributed by atoms with Crippen LogP contribution in [0, 0.1) is 6.92 Å². The maximum Gasteiger partial charge on any atom is 0.335 e. The van der Waals surface area contributed by atoms with E-state index in [4.69, 9.17) is 5.11 Å². The smallest absolute Gasteiger partial charge is 0.335 e. The second-order valence-electron chi connectivity index (χ2n) is 8.18. The van der Waals surface area contributed by atoms with Crippen LogP contribution < -0.4 is 0 Å². The summed E-state index contributed by atoms with van der Waals surface area (Å²) in [6.45, 7) is 6.06. The summed E-state index contributed by atoms with van der Waals surface area (Å²) in [5.74, 6) is -0.845. The fraction of sp³-hybridized carbons (Fsp3) is 0.417. The third-order valence-electron chi connectivity index (χ3n) is 6.34. The Morgan fingerprint density at radius 1 is 0.897 bits per heavy atom. The fourth-order valence-electron chi connectivity index (χ4n) is 4.58. The minimum atomic E-state index is -0.936. The number of carbonyl (C=O) groups excluding carboxylic acids is 1. The number of carboxylic acids is 1. The summed E-state index contributed by atoms with van der Waals surface area (Å²) >= 11 is 0. The molecule has 2 aromatic carbocycles. The first-order chi connectivity index (χ1) is 14.0. The van der Waals surface area contributed by atoms with Crippen LogP contribution in [0.2, 0.25) is 0 Å². The average molecular weight is 392 g/mol. The van der Waals surface area contributed by atoms with Gasteiger partial charge in [0.1, 0.15) is 0 Å². The van der Waals surface area contributed by atoms with Gasteiger partial charge in [-0.25, -0.2) is 4.79 Å². The summed E-state index contributed by atoms with van der Waals surface area (Å²) in [6.07, 6.45) is 4.72. The van der Waals surface area contributed by atoms with E-state index in [1.54, 1.807) is 12.1 Å². The van der Waals surface area contributed by atoms with Gasteiger partial charge in [0.15, 0.2) is 0 Å². The molecule has 0 spiro atoms. The molecule has 2 aromatic rings. The SMILES string of the molecule is Cc1ccc(C(=O)N2CCC(N3CCCC3)CC2)cc1-c1ccc(C(=O)O)cc1. The van der Waals surface area contributed by atoms with Gasteiger partial charge >= 0.3 is 5.97 Å². The molecule has 0 aromatic heterocycles. The van der Waals surface area contributed by atoms with Crippen LogP contribution in [0.25, 0.3) is 11.1 Å². The van der Waals surface area contributed by atoms with Crippen molar-refractivity contribution in [3.63, 3.8) is 0 Å². The molecule has 2 aliphatic rings. The van der Waals surface area contributed by atoms with E-state index in [0.29, 0.717) is 11.6 Å². The number of benzene rings is 2. The van der Waals surface area contributed by atoms with Gasteiger partial charge in [0.25, 0.3) is 5.91 Å². The lowest BCUT2D eigenvalue weighted by Crippen LogP contribution is -2.45. The molecule has 0 saturated carbocycles. The first-order valence-electron chi connectivity index (χ1n) is 10.5. The first kappa shape index (κ1) is 19.6. The van der Waals surface area contributed by atoms with Gasteiger partial charge < -0.3 is 14.9 Å². The fourth-order valence-corrected chi connectivity index (χ4v) is 4.58. The molecular weight excluding hydrogens is 364 g/mol. The van der Waals surface area contributed by atoms with E-state index < -0.39 is 5.97 Å². The molecule has 0 bridgehead atoms. The molecule has 2 aliphatic heterocycles. The van der Waals surface area contributed by atoms with Crippen molar-refractivity contribution in [3.8, 4) is 11.1 Å². The summed E-state index contributed by atoms with van der Waals surface area (Å²) in [6, 6.07) is 13.3. The standard InChI is InChI=1S/C24H28N2O3/c1-17-4-5-20(16-22(17)18-6-8-19(9-7-18)24(28)29)23(27)26-14-10-21(11-15-26)25-12-2-3-13-25/h4-9,16,21H,2-3,10-15H2,1H3,(H,28,29). The molecule has 5 nitrogen and oxygen atoms in total. The monoisotopic (exact) mass is 392 g/mol. The number of nitrogens with zero attached hydrogens (tertiary/aromatic N) is 2. The topological polar surface area (TPSA) is 60.9 Å². The highest BCUT2D eigenvalue weighted by Gasteiger charge is 2.28. The highest BCUT2D eigenvalue weighted by atomic mass is 16.4. The van der Waals surface area contributed by atoms with Crippen molar-refractivity contribution < 1.29 is 14.7 Å². The molecule has 2 saturated heterocycles. The van der Waals surface area contributed by atoms with Gasteiger partial charge in [0.2, 0.25) is 0 Å². The molecule has 152 valence electrons. The van der Waals surface area contributed by atoms with Crippen LogP contribution in [0.15, 0.2) is 42.5 Å². The van der Waals surface area contributed by atoms with Gasteiger partial charge in [-0.1, -0.05) is 18.2 Å². The number of hydrogen-bond donors (Lipinski definition) is 1. The number of likely N-dealkylation sites (tertiary alicyclic amines) is 2. The number of aromatic carboxylic acids is 1. The third kappa shape index (κ3) is 4.20. The molecule has 0 radical (unpaired) electrons. The van der Waals surface area contributed by atoms with E-state index in [1.807, 2.05) is 42.2 Å². The summed E-state index contributed by atoms with van der Waals surface area (Å²) in [4.78, 5) is 28.8. The van der Waals surface area contributed by atoms with Crippen LogP contribution in [0.3, 0.4) is 0 Å². The van der Waals surface area contributed by atoms with Crippen molar-refractivity contribution in [2.75, 3.05) is 26.2 Å². The third-order valence-corrected chi connectivity index (χ3v) is 6.34. The Bertz CT molecular complexity index is 893. The quantitative estimate of drug-likeness (QED) is 0.852. The molecule has 2 heterocycles. The van der Waals surface area contributed by atoms with E-state index >= 15 is 0 Å². The van der Waals surface area contributed by atoms with Crippen LogP contribution in [-0.2, 0) is 0 Å². The first-order valence-corrected chi connectivity index (χ1v) is 10.5. The maximum atomic E-state index is 13.1. The second-order valence-corrected chi connectivity index (χ2v) is 8.18. The number of carboxylic acid groups (broad SMARTS) is 1. The van der Waals surface area contributed by atoms with Gasteiger partial charge in [0, 0.05) is 24.7 Å². The molecule has 1 amide bonds. The Morgan fingerprint density at radius 3 is 2.14 bits per heavy atom. The van der Waals surface area contributed by atoms with E-state index in [9.17, 15) is 9.59 Å². The maximum absolute atomic E-state index is 13.1. The normalized spacial score (nSPS) is 18.2. The van der Waals surface area contributed by atoms with Gasteiger partial charge in [-0.3, -0.25) is 4.79 Å². The van der Waals surface area contributed by atoms with Crippen molar-refractivity contribution in [2.45, 2.75) is 38.6 Å². The van der Waals surface area contributed by atoms with Crippen LogP contribution >= 0.6 is 0 Å². The van der Waals surface area contributed by atoms with Gasteiger partial charge in [-0.05, 0) is 86.7 Å². The number of hydrogen-bond acceptors (Lipinski definition) is 3. The Labute approximate surface area is 171 Å². The van der Waals surface area contributed by atoms with E-state index in [-0.39, 0.29) is 11.5 Å². The van der Waals surface area contributed by atoms with Gasteiger partial charge in [-0.2, -0.15) is 0 Å². The molecule has 29 heavy (non-hydrogen) atoms. The number of amides is 1. The summed E-state index contributed by atoms with van der Waals surface area (Å²) in [5, 5.41) is 9.10. The number of rotatable bonds is 4. The largest absolute Gasteiger partial charge is 0.478 e. The Balaban J connectivity index is 1.48.